The highest BCUT2D eigenvalue weighted by Gasteiger charge is 2.33. The monoisotopic (exact) mass is 375 g/mol. The summed E-state index contributed by atoms with van der Waals surface area (Å²) in [5.74, 6) is 1.32. The summed E-state index contributed by atoms with van der Waals surface area (Å²) < 4.78 is 33.5. The molecule has 1 heterocycles. The maximum absolute atomic E-state index is 12.9. The van der Waals surface area contributed by atoms with Crippen LogP contribution in [0.1, 0.15) is 25.8 Å². The second-order valence-corrected chi connectivity index (χ2v) is 8.78. The van der Waals surface area contributed by atoms with Crippen LogP contribution in [0.15, 0.2) is 21.5 Å². The fourth-order valence-electron chi connectivity index (χ4n) is 3.01. The number of hydrogen-bond donors (Lipinski definition) is 0. The van der Waals surface area contributed by atoms with Crippen LogP contribution in [-0.2, 0) is 10.0 Å². The first-order chi connectivity index (χ1) is 9.75. The number of methoxy groups -OCH3 is 1. The molecule has 2 rings (SSSR count). The van der Waals surface area contributed by atoms with Crippen molar-refractivity contribution in [1.29, 1.82) is 0 Å². The molecular weight excluding hydrogens is 354 g/mol. The Labute approximate surface area is 135 Å². The smallest absolute Gasteiger partial charge is 0.243 e. The first-order valence-electron chi connectivity index (χ1n) is 7.10. The highest BCUT2D eigenvalue weighted by atomic mass is 79.9. The number of halogens is 1. The zero-order valence-electron chi connectivity index (χ0n) is 12.9. The van der Waals surface area contributed by atoms with Gasteiger partial charge in [0.25, 0.3) is 0 Å². The van der Waals surface area contributed by atoms with Crippen LogP contribution in [0.4, 0.5) is 0 Å². The number of rotatable bonds is 3. The van der Waals surface area contributed by atoms with E-state index in [1.807, 2.05) is 6.92 Å². The quantitative estimate of drug-likeness (QED) is 0.812. The van der Waals surface area contributed by atoms with E-state index in [2.05, 4.69) is 29.8 Å². The maximum atomic E-state index is 12.9. The molecule has 1 aliphatic rings. The van der Waals surface area contributed by atoms with E-state index in [1.54, 1.807) is 16.4 Å². The lowest BCUT2D eigenvalue weighted by atomic mass is 9.94. The average molecular weight is 376 g/mol. The van der Waals surface area contributed by atoms with Gasteiger partial charge in [-0.15, -0.1) is 0 Å². The fraction of sp³-hybridized carbons (Fsp3) is 0.600. The van der Waals surface area contributed by atoms with Crippen LogP contribution in [-0.4, -0.2) is 32.9 Å². The van der Waals surface area contributed by atoms with Gasteiger partial charge in [-0.25, -0.2) is 8.42 Å². The highest BCUT2D eigenvalue weighted by Crippen LogP contribution is 2.33. The molecule has 1 saturated heterocycles. The molecule has 0 radical (unpaired) electrons. The molecule has 118 valence electrons. The van der Waals surface area contributed by atoms with Crippen LogP contribution >= 0.6 is 15.9 Å². The Bertz CT molecular complexity index is 620. The lowest BCUT2D eigenvalue weighted by Crippen LogP contribution is -2.42. The van der Waals surface area contributed by atoms with E-state index in [4.69, 9.17) is 4.74 Å². The van der Waals surface area contributed by atoms with Crippen molar-refractivity contribution in [3.63, 3.8) is 0 Å². The van der Waals surface area contributed by atoms with E-state index in [0.29, 0.717) is 35.6 Å². The van der Waals surface area contributed by atoms with Crippen LogP contribution < -0.4 is 4.74 Å². The highest BCUT2D eigenvalue weighted by molar-refractivity contribution is 9.10. The Balaban J connectivity index is 2.44. The van der Waals surface area contributed by atoms with Gasteiger partial charge >= 0.3 is 0 Å². The molecule has 1 fully saturated rings. The number of nitrogens with zero attached hydrogens (tertiary/aromatic N) is 1. The minimum absolute atomic E-state index is 0.337. The molecule has 0 bridgehead atoms. The summed E-state index contributed by atoms with van der Waals surface area (Å²) >= 11 is 3.39. The van der Waals surface area contributed by atoms with E-state index in [9.17, 15) is 8.42 Å². The first-order valence-corrected chi connectivity index (χ1v) is 9.33. The number of aryl methyl sites for hydroxylation is 1. The largest absolute Gasteiger partial charge is 0.496 e. The fourth-order valence-corrected chi connectivity index (χ4v) is 5.53. The second-order valence-electron chi connectivity index (χ2n) is 6.02. The van der Waals surface area contributed by atoms with Gasteiger partial charge in [-0.2, -0.15) is 4.31 Å². The Morgan fingerprint density at radius 2 is 1.81 bits per heavy atom. The minimum atomic E-state index is -3.48. The lowest BCUT2D eigenvalue weighted by Gasteiger charge is -2.34. The summed E-state index contributed by atoms with van der Waals surface area (Å²) in [6, 6.07) is 3.40. The summed E-state index contributed by atoms with van der Waals surface area (Å²) in [6.07, 6.45) is 1.08. The van der Waals surface area contributed by atoms with Crippen molar-refractivity contribution in [3.8, 4) is 5.75 Å². The summed E-state index contributed by atoms with van der Waals surface area (Å²) in [4.78, 5) is 0.337. The molecule has 1 aliphatic heterocycles. The molecule has 0 saturated carbocycles. The zero-order chi connectivity index (χ0) is 15.8. The zero-order valence-corrected chi connectivity index (χ0v) is 15.3. The normalized spacial score (nSPS) is 24.0. The topological polar surface area (TPSA) is 46.6 Å². The Hall–Kier alpha value is -0.590. The SMILES string of the molecule is COc1cc(S(=O)(=O)N2C[C@@H](C)C[C@H](C)C2)c(C)cc1Br. The molecule has 0 unspecified atom stereocenters. The van der Waals surface area contributed by atoms with Crippen molar-refractivity contribution in [2.24, 2.45) is 11.8 Å². The van der Waals surface area contributed by atoms with E-state index in [1.165, 1.54) is 7.11 Å². The number of sulfonamides is 1. The molecule has 0 spiro atoms. The molecule has 0 amide bonds. The van der Waals surface area contributed by atoms with Crippen molar-refractivity contribution >= 4 is 26.0 Å². The van der Waals surface area contributed by atoms with E-state index >= 15 is 0 Å². The van der Waals surface area contributed by atoms with E-state index in [0.717, 1.165) is 16.5 Å². The maximum Gasteiger partial charge on any atom is 0.243 e. The van der Waals surface area contributed by atoms with Crippen LogP contribution in [0.3, 0.4) is 0 Å². The molecule has 6 heteroatoms. The minimum Gasteiger partial charge on any atom is -0.496 e. The molecular formula is C15H22BrNO3S. The van der Waals surface area contributed by atoms with Crippen molar-refractivity contribution in [1.82, 2.24) is 4.31 Å². The number of benzene rings is 1. The second kappa shape index (κ2) is 6.26. The van der Waals surface area contributed by atoms with Gasteiger partial charge in [0, 0.05) is 19.2 Å². The first kappa shape index (κ1) is 16.8. The number of piperidine rings is 1. The van der Waals surface area contributed by atoms with Gasteiger partial charge in [0.2, 0.25) is 10.0 Å². The predicted octanol–water partition coefficient (Wildman–Crippen LogP) is 3.43. The summed E-state index contributed by atoms with van der Waals surface area (Å²) in [6.45, 7) is 7.20. The van der Waals surface area contributed by atoms with Gasteiger partial charge in [-0.05, 0) is 52.7 Å². The lowest BCUT2D eigenvalue weighted by molar-refractivity contribution is 0.222. The van der Waals surface area contributed by atoms with Gasteiger partial charge in [0.05, 0.1) is 16.5 Å². The third-order valence-corrected chi connectivity index (χ3v) is 6.50. The molecule has 2 atom stereocenters. The standard InChI is InChI=1S/C15H22BrNO3S/c1-10-5-11(2)9-17(8-10)21(18,19)15-7-14(20-4)13(16)6-12(15)3/h6-7,10-11H,5,8-9H2,1-4H3/t10-,11-/m0/s1. The molecule has 0 N–H and O–H groups in total. The molecule has 21 heavy (non-hydrogen) atoms. The molecule has 0 aliphatic carbocycles. The van der Waals surface area contributed by atoms with Gasteiger partial charge < -0.3 is 4.74 Å². The van der Waals surface area contributed by atoms with Crippen LogP contribution in [0, 0.1) is 18.8 Å². The van der Waals surface area contributed by atoms with Crippen molar-refractivity contribution in [2.75, 3.05) is 20.2 Å². The van der Waals surface area contributed by atoms with Crippen molar-refractivity contribution in [2.45, 2.75) is 32.1 Å². The van der Waals surface area contributed by atoms with Gasteiger partial charge in [-0.3, -0.25) is 0 Å². The number of ether oxygens (including phenoxy) is 1. The summed E-state index contributed by atoms with van der Waals surface area (Å²) in [5, 5.41) is 0. The molecule has 1 aromatic rings. The van der Waals surface area contributed by atoms with Gasteiger partial charge in [0.1, 0.15) is 5.75 Å². The summed E-state index contributed by atoms with van der Waals surface area (Å²) in [5.41, 5.74) is 0.730. The Morgan fingerprint density at radius 3 is 2.33 bits per heavy atom. The molecule has 4 nitrogen and oxygen atoms in total. The van der Waals surface area contributed by atoms with Crippen molar-refractivity contribution in [3.05, 3.63) is 22.2 Å². The predicted molar refractivity (Wildman–Crippen MR) is 87.1 cm³/mol. The molecule has 0 aromatic heterocycles. The van der Waals surface area contributed by atoms with Crippen LogP contribution in [0.25, 0.3) is 0 Å². The van der Waals surface area contributed by atoms with E-state index < -0.39 is 10.0 Å². The van der Waals surface area contributed by atoms with Gasteiger partial charge in [-0.1, -0.05) is 13.8 Å². The van der Waals surface area contributed by atoms with Crippen molar-refractivity contribution < 1.29 is 13.2 Å². The molecule has 1 aromatic carbocycles. The van der Waals surface area contributed by atoms with Crippen LogP contribution in [0.5, 0.6) is 5.75 Å². The summed E-state index contributed by atoms with van der Waals surface area (Å²) in [7, 11) is -1.94. The number of hydrogen-bond acceptors (Lipinski definition) is 3. The average Bonchev–Trinajstić information content (AvgIpc) is 2.37. The van der Waals surface area contributed by atoms with Gasteiger partial charge in [0.15, 0.2) is 0 Å². The third-order valence-electron chi connectivity index (χ3n) is 3.90. The van der Waals surface area contributed by atoms with Crippen LogP contribution in [0.2, 0.25) is 0 Å². The Kier molecular flexibility index (Phi) is 5.00. The third kappa shape index (κ3) is 3.43. The Morgan fingerprint density at radius 1 is 1.24 bits per heavy atom. The van der Waals surface area contributed by atoms with E-state index in [-0.39, 0.29) is 0 Å².